The lowest BCUT2D eigenvalue weighted by Crippen LogP contribution is -2.27. The number of thiophene rings is 1. The number of nitrogens with one attached hydrogen (secondary N) is 1. The van der Waals surface area contributed by atoms with Crippen molar-refractivity contribution < 1.29 is 9.59 Å². The van der Waals surface area contributed by atoms with E-state index in [4.69, 9.17) is 0 Å². The average molecular weight is 343 g/mol. The fourth-order valence-corrected chi connectivity index (χ4v) is 3.15. The van der Waals surface area contributed by atoms with Crippen LogP contribution in [0, 0.1) is 0 Å². The lowest BCUT2D eigenvalue weighted by molar-refractivity contribution is -0.121. The van der Waals surface area contributed by atoms with Crippen molar-refractivity contribution in [3.63, 3.8) is 0 Å². The zero-order chi connectivity index (χ0) is 17.7. The van der Waals surface area contributed by atoms with Crippen LogP contribution >= 0.6 is 11.3 Å². The monoisotopic (exact) mass is 343 g/mol. The Morgan fingerprint density at radius 3 is 2.29 bits per heavy atom. The molecule has 4 heteroatoms. The highest BCUT2D eigenvalue weighted by atomic mass is 32.1. The minimum atomic E-state index is -0.0905. The van der Waals surface area contributed by atoms with Gasteiger partial charge in [0.2, 0.25) is 5.91 Å². The highest BCUT2D eigenvalue weighted by Gasteiger charge is 2.15. The van der Waals surface area contributed by atoms with Gasteiger partial charge in [-0.3, -0.25) is 9.59 Å². The summed E-state index contributed by atoms with van der Waals surface area (Å²) in [7, 11) is 0. The summed E-state index contributed by atoms with van der Waals surface area (Å²) in [5.41, 5.74) is 2.46. The Bertz CT molecular complexity index is 681. The third kappa shape index (κ3) is 5.03. The van der Waals surface area contributed by atoms with Crippen molar-refractivity contribution in [3.05, 3.63) is 57.8 Å². The van der Waals surface area contributed by atoms with Crippen LogP contribution in [-0.4, -0.2) is 11.7 Å². The molecule has 0 saturated carbocycles. The van der Waals surface area contributed by atoms with Gasteiger partial charge >= 0.3 is 0 Å². The smallest absolute Gasteiger partial charge is 0.220 e. The summed E-state index contributed by atoms with van der Waals surface area (Å²) in [6.45, 7) is 8.50. The molecular formula is C20H25NO2S. The molecule has 128 valence electrons. The molecule has 0 spiro atoms. The van der Waals surface area contributed by atoms with E-state index in [0.29, 0.717) is 4.88 Å². The maximum atomic E-state index is 12.1. The van der Waals surface area contributed by atoms with Crippen LogP contribution in [0.2, 0.25) is 0 Å². The Balaban J connectivity index is 1.86. The minimum Gasteiger partial charge on any atom is -0.350 e. The topological polar surface area (TPSA) is 46.2 Å². The van der Waals surface area contributed by atoms with Crippen molar-refractivity contribution in [1.29, 1.82) is 0 Å². The Morgan fingerprint density at radius 2 is 1.75 bits per heavy atom. The number of amides is 1. The van der Waals surface area contributed by atoms with Gasteiger partial charge in [0.15, 0.2) is 5.78 Å². The summed E-state index contributed by atoms with van der Waals surface area (Å²) in [5.74, 6) is -0.0605. The predicted octanol–water partition coefficient (Wildman–Crippen LogP) is 4.89. The summed E-state index contributed by atoms with van der Waals surface area (Å²) in [6.07, 6.45) is 0.475. The maximum absolute atomic E-state index is 12.1. The van der Waals surface area contributed by atoms with Crippen molar-refractivity contribution in [1.82, 2.24) is 5.32 Å². The molecule has 1 unspecified atom stereocenters. The first-order valence-electron chi connectivity index (χ1n) is 8.24. The van der Waals surface area contributed by atoms with Crippen LogP contribution in [0.25, 0.3) is 0 Å². The first kappa shape index (κ1) is 18.4. The van der Waals surface area contributed by atoms with Gasteiger partial charge in [0.05, 0.1) is 10.9 Å². The molecule has 0 fully saturated rings. The molecular weight excluding hydrogens is 318 g/mol. The van der Waals surface area contributed by atoms with Crippen LogP contribution in [0.4, 0.5) is 0 Å². The van der Waals surface area contributed by atoms with Gasteiger partial charge < -0.3 is 5.32 Å². The second-order valence-electron chi connectivity index (χ2n) is 7.06. The van der Waals surface area contributed by atoms with Crippen LogP contribution in [-0.2, 0) is 10.2 Å². The molecule has 2 rings (SSSR count). The van der Waals surface area contributed by atoms with Crippen molar-refractivity contribution in [2.45, 2.75) is 52.0 Å². The molecule has 0 radical (unpaired) electrons. The van der Waals surface area contributed by atoms with Gasteiger partial charge in [0.25, 0.3) is 0 Å². The molecule has 0 aliphatic carbocycles. The third-order valence-corrected chi connectivity index (χ3v) is 4.94. The van der Waals surface area contributed by atoms with E-state index in [1.54, 1.807) is 6.07 Å². The SMILES string of the molecule is CC(NC(=O)CCC(=O)c1cccs1)c1ccc(C(C)(C)C)cc1. The molecule has 0 saturated heterocycles. The Morgan fingerprint density at radius 1 is 1.08 bits per heavy atom. The van der Waals surface area contributed by atoms with Gasteiger partial charge in [-0.15, -0.1) is 11.3 Å². The third-order valence-electron chi connectivity index (χ3n) is 4.03. The number of hydrogen-bond acceptors (Lipinski definition) is 3. The lowest BCUT2D eigenvalue weighted by atomic mass is 9.86. The second kappa shape index (κ2) is 7.75. The quantitative estimate of drug-likeness (QED) is 0.759. The van der Waals surface area contributed by atoms with E-state index in [-0.39, 0.29) is 36.0 Å². The molecule has 3 nitrogen and oxygen atoms in total. The Kier molecular flexibility index (Phi) is 5.94. The zero-order valence-corrected chi connectivity index (χ0v) is 15.6. The number of hydrogen-bond donors (Lipinski definition) is 1. The molecule has 0 aliphatic heterocycles. The fourth-order valence-electron chi connectivity index (χ4n) is 2.46. The Labute approximate surface area is 148 Å². The summed E-state index contributed by atoms with van der Waals surface area (Å²) in [6, 6.07) is 11.9. The van der Waals surface area contributed by atoms with Gasteiger partial charge in [-0.1, -0.05) is 51.1 Å². The summed E-state index contributed by atoms with van der Waals surface area (Å²) < 4.78 is 0. The normalized spacial score (nSPS) is 12.7. The van der Waals surface area contributed by atoms with Gasteiger partial charge in [-0.05, 0) is 34.9 Å². The van der Waals surface area contributed by atoms with Crippen LogP contribution in [0.5, 0.6) is 0 Å². The number of rotatable bonds is 6. The van der Waals surface area contributed by atoms with Crippen molar-refractivity contribution in [3.8, 4) is 0 Å². The molecule has 0 bridgehead atoms. The van der Waals surface area contributed by atoms with E-state index in [1.807, 2.05) is 18.4 Å². The molecule has 1 amide bonds. The number of ketones is 1. The fraction of sp³-hybridized carbons (Fsp3) is 0.400. The number of Topliss-reactive ketones (excluding diaryl/α,β-unsaturated/α-hetero) is 1. The first-order valence-corrected chi connectivity index (χ1v) is 9.12. The van der Waals surface area contributed by atoms with Crippen LogP contribution in [0.3, 0.4) is 0 Å². The average Bonchev–Trinajstić information content (AvgIpc) is 3.06. The maximum Gasteiger partial charge on any atom is 0.220 e. The summed E-state index contributed by atoms with van der Waals surface area (Å²) in [5, 5.41) is 4.84. The van der Waals surface area contributed by atoms with E-state index in [1.165, 1.54) is 16.9 Å². The molecule has 1 aromatic heterocycles. The van der Waals surface area contributed by atoms with E-state index in [0.717, 1.165) is 5.56 Å². The van der Waals surface area contributed by atoms with Gasteiger partial charge in [0, 0.05) is 12.8 Å². The number of benzene rings is 1. The Hall–Kier alpha value is -1.94. The zero-order valence-electron chi connectivity index (χ0n) is 14.8. The van der Waals surface area contributed by atoms with Crippen LogP contribution in [0.15, 0.2) is 41.8 Å². The van der Waals surface area contributed by atoms with E-state index >= 15 is 0 Å². The van der Waals surface area contributed by atoms with Crippen LogP contribution < -0.4 is 5.32 Å². The van der Waals surface area contributed by atoms with Crippen molar-refractivity contribution >= 4 is 23.0 Å². The van der Waals surface area contributed by atoms with Crippen LogP contribution in [0.1, 0.15) is 67.4 Å². The predicted molar refractivity (Wildman–Crippen MR) is 99.6 cm³/mol. The van der Waals surface area contributed by atoms with Gasteiger partial charge in [0.1, 0.15) is 0 Å². The van der Waals surface area contributed by atoms with Gasteiger partial charge in [-0.25, -0.2) is 0 Å². The standard InChI is InChI=1S/C20H25NO2S/c1-14(15-7-9-16(10-8-15)20(2,3)4)21-19(23)12-11-17(22)18-6-5-13-24-18/h5-10,13-14H,11-12H2,1-4H3,(H,21,23). The molecule has 1 heterocycles. The van der Waals surface area contributed by atoms with Crippen molar-refractivity contribution in [2.75, 3.05) is 0 Å². The second-order valence-corrected chi connectivity index (χ2v) is 8.01. The molecule has 0 aliphatic rings. The molecule has 2 aromatic rings. The number of carbonyl (C=O) groups excluding carboxylic acids is 2. The summed E-state index contributed by atoms with van der Waals surface area (Å²) in [4.78, 5) is 24.7. The van der Waals surface area contributed by atoms with E-state index in [9.17, 15) is 9.59 Å². The largest absolute Gasteiger partial charge is 0.350 e. The minimum absolute atomic E-state index is 0.0299. The first-order chi connectivity index (χ1) is 11.3. The molecule has 24 heavy (non-hydrogen) atoms. The highest BCUT2D eigenvalue weighted by molar-refractivity contribution is 7.12. The molecule has 1 N–H and O–H groups in total. The van der Waals surface area contributed by atoms with E-state index < -0.39 is 0 Å². The van der Waals surface area contributed by atoms with Gasteiger partial charge in [-0.2, -0.15) is 0 Å². The highest BCUT2D eigenvalue weighted by Crippen LogP contribution is 2.24. The molecule has 1 atom stereocenters. The van der Waals surface area contributed by atoms with Crippen molar-refractivity contribution in [2.24, 2.45) is 0 Å². The molecule has 1 aromatic carbocycles. The number of carbonyl (C=O) groups is 2. The van der Waals surface area contributed by atoms with E-state index in [2.05, 4.69) is 50.4 Å². The lowest BCUT2D eigenvalue weighted by Gasteiger charge is -2.20. The summed E-state index contributed by atoms with van der Waals surface area (Å²) >= 11 is 1.42.